The number of halogens is 1. The standard InChI is InChI=1S/C19H20ClN3O3/c20-16-2-1-3-17(12-16)22-8-10-23(11-9-22)19(26)21-13-14-4-6-15(7-5-14)18(24)25/h1-7,12H,8-11,13H2,(H,21,26)(H,24,25). The van der Waals surface area contributed by atoms with Gasteiger partial charge in [-0.15, -0.1) is 0 Å². The van der Waals surface area contributed by atoms with Gasteiger partial charge in [-0.05, 0) is 35.9 Å². The van der Waals surface area contributed by atoms with Crippen LogP contribution in [-0.4, -0.2) is 48.2 Å². The smallest absolute Gasteiger partial charge is 0.335 e. The zero-order chi connectivity index (χ0) is 18.5. The lowest BCUT2D eigenvalue weighted by Crippen LogP contribution is -2.51. The minimum Gasteiger partial charge on any atom is -0.478 e. The Morgan fingerprint density at radius 3 is 2.35 bits per heavy atom. The predicted molar refractivity (Wildman–Crippen MR) is 101 cm³/mol. The molecular weight excluding hydrogens is 354 g/mol. The number of nitrogens with one attached hydrogen (secondary N) is 1. The van der Waals surface area contributed by atoms with E-state index in [1.807, 2.05) is 24.3 Å². The topological polar surface area (TPSA) is 72.9 Å². The van der Waals surface area contributed by atoms with E-state index < -0.39 is 5.97 Å². The zero-order valence-electron chi connectivity index (χ0n) is 14.2. The molecule has 2 amide bonds. The first-order valence-corrected chi connectivity index (χ1v) is 8.76. The van der Waals surface area contributed by atoms with Crippen LogP contribution in [0.25, 0.3) is 0 Å². The first-order chi connectivity index (χ1) is 12.5. The minimum atomic E-state index is -0.960. The van der Waals surface area contributed by atoms with Crippen molar-refractivity contribution in [3.63, 3.8) is 0 Å². The zero-order valence-corrected chi connectivity index (χ0v) is 14.9. The van der Waals surface area contributed by atoms with Crippen molar-refractivity contribution < 1.29 is 14.7 Å². The summed E-state index contributed by atoms with van der Waals surface area (Å²) in [4.78, 5) is 27.2. The summed E-state index contributed by atoms with van der Waals surface area (Å²) in [7, 11) is 0. The lowest BCUT2D eigenvalue weighted by Gasteiger charge is -2.36. The molecule has 2 aromatic rings. The van der Waals surface area contributed by atoms with Gasteiger partial charge in [0, 0.05) is 43.4 Å². The number of hydrogen-bond acceptors (Lipinski definition) is 3. The summed E-state index contributed by atoms with van der Waals surface area (Å²) >= 11 is 6.04. The number of nitrogens with zero attached hydrogens (tertiary/aromatic N) is 2. The van der Waals surface area contributed by atoms with Crippen LogP contribution in [0.2, 0.25) is 5.02 Å². The molecule has 0 spiro atoms. The van der Waals surface area contributed by atoms with E-state index in [1.165, 1.54) is 12.1 Å². The highest BCUT2D eigenvalue weighted by molar-refractivity contribution is 6.30. The SMILES string of the molecule is O=C(O)c1ccc(CNC(=O)N2CCN(c3cccc(Cl)c3)CC2)cc1. The van der Waals surface area contributed by atoms with Crippen molar-refractivity contribution in [3.8, 4) is 0 Å². The third kappa shape index (κ3) is 4.46. The number of aromatic carboxylic acids is 1. The van der Waals surface area contributed by atoms with Gasteiger partial charge in [-0.2, -0.15) is 0 Å². The van der Waals surface area contributed by atoms with Crippen LogP contribution in [0.5, 0.6) is 0 Å². The summed E-state index contributed by atoms with van der Waals surface area (Å²) in [5, 5.41) is 12.5. The molecule has 6 nitrogen and oxygen atoms in total. The molecule has 0 aromatic heterocycles. The van der Waals surface area contributed by atoms with Crippen molar-refractivity contribution >= 4 is 29.3 Å². The quantitative estimate of drug-likeness (QED) is 0.863. The fourth-order valence-corrected chi connectivity index (χ4v) is 3.08. The molecule has 2 N–H and O–H groups in total. The van der Waals surface area contributed by atoms with Crippen LogP contribution >= 0.6 is 11.6 Å². The van der Waals surface area contributed by atoms with Gasteiger partial charge in [0.05, 0.1) is 5.56 Å². The molecule has 1 aliphatic heterocycles. The van der Waals surface area contributed by atoms with E-state index in [0.29, 0.717) is 24.7 Å². The summed E-state index contributed by atoms with van der Waals surface area (Å²) in [6.07, 6.45) is 0. The van der Waals surface area contributed by atoms with Gasteiger partial charge in [0.15, 0.2) is 0 Å². The van der Waals surface area contributed by atoms with Gasteiger partial charge < -0.3 is 20.2 Å². The van der Waals surface area contributed by atoms with Gasteiger partial charge in [-0.25, -0.2) is 9.59 Å². The van der Waals surface area contributed by atoms with Gasteiger partial charge in [0.25, 0.3) is 0 Å². The van der Waals surface area contributed by atoms with Crippen LogP contribution in [0.4, 0.5) is 10.5 Å². The molecule has 0 atom stereocenters. The maximum absolute atomic E-state index is 12.3. The van der Waals surface area contributed by atoms with E-state index in [9.17, 15) is 9.59 Å². The summed E-state index contributed by atoms with van der Waals surface area (Å²) in [6.45, 7) is 3.14. The maximum Gasteiger partial charge on any atom is 0.335 e. The average molecular weight is 374 g/mol. The van der Waals surface area contributed by atoms with Crippen molar-refractivity contribution in [2.24, 2.45) is 0 Å². The first kappa shape index (κ1) is 18.1. The van der Waals surface area contributed by atoms with Gasteiger partial charge in [0.2, 0.25) is 0 Å². The van der Waals surface area contributed by atoms with E-state index in [4.69, 9.17) is 16.7 Å². The molecule has 7 heteroatoms. The molecule has 0 radical (unpaired) electrons. The van der Waals surface area contributed by atoms with Crippen LogP contribution in [0.1, 0.15) is 15.9 Å². The van der Waals surface area contributed by atoms with E-state index in [-0.39, 0.29) is 11.6 Å². The molecule has 26 heavy (non-hydrogen) atoms. The molecule has 3 rings (SSSR count). The molecule has 1 fully saturated rings. The number of carboxylic acids is 1. The summed E-state index contributed by atoms with van der Waals surface area (Å²) in [5.74, 6) is -0.960. The number of carbonyl (C=O) groups excluding carboxylic acids is 1. The van der Waals surface area contributed by atoms with E-state index in [2.05, 4.69) is 10.2 Å². The van der Waals surface area contributed by atoms with Gasteiger partial charge in [-0.3, -0.25) is 0 Å². The number of urea groups is 1. The van der Waals surface area contributed by atoms with E-state index in [1.54, 1.807) is 17.0 Å². The number of rotatable bonds is 4. The second-order valence-corrected chi connectivity index (χ2v) is 6.55. The lowest BCUT2D eigenvalue weighted by atomic mass is 10.1. The van der Waals surface area contributed by atoms with Crippen molar-refractivity contribution in [1.29, 1.82) is 0 Å². The predicted octanol–water partition coefficient (Wildman–Crippen LogP) is 3.07. The number of anilines is 1. The van der Waals surface area contributed by atoms with Gasteiger partial charge in [-0.1, -0.05) is 29.8 Å². The van der Waals surface area contributed by atoms with E-state index >= 15 is 0 Å². The van der Waals surface area contributed by atoms with Crippen molar-refractivity contribution in [3.05, 3.63) is 64.7 Å². The third-order valence-electron chi connectivity index (χ3n) is 4.38. The highest BCUT2D eigenvalue weighted by atomic mass is 35.5. The lowest BCUT2D eigenvalue weighted by molar-refractivity contribution is 0.0697. The summed E-state index contributed by atoms with van der Waals surface area (Å²) < 4.78 is 0. The molecule has 0 aliphatic carbocycles. The molecule has 0 bridgehead atoms. The molecule has 2 aromatic carbocycles. The molecular formula is C19H20ClN3O3. The van der Waals surface area contributed by atoms with Crippen LogP contribution < -0.4 is 10.2 Å². The Balaban J connectivity index is 1.48. The maximum atomic E-state index is 12.3. The van der Waals surface area contributed by atoms with Crippen molar-refractivity contribution in [1.82, 2.24) is 10.2 Å². The molecule has 1 aliphatic rings. The molecule has 0 unspecified atom stereocenters. The Morgan fingerprint density at radius 1 is 1.04 bits per heavy atom. The fourth-order valence-electron chi connectivity index (χ4n) is 2.90. The van der Waals surface area contributed by atoms with Crippen LogP contribution in [0.15, 0.2) is 48.5 Å². The fraction of sp³-hybridized carbons (Fsp3) is 0.263. The Kier molecular flexibility index (Phi) is 5.63. The van der Waals surface area contributed by atoms with Crippen LogP contribution in [0, 0.1) is 0 Å². The normalized spacial score (nSPS) is 14.2. The van der Waals surface area contributed by atoms with E-state index in [0.717, 1.165) is 24.3 Å². The Bertz CT molecular complexity index is 787. The van der Waals surface area contributed by atoms with Crippen LogP contribution in [-0.2, 0) is 6.54 Å². The highest BCUT2D eigenvalue weighted by Gasteiger charge is 2.21. The molecule has 136 valence electrons. The van der Waals surface area contributed by atoms with Crippen molar-refractivity contribution in [2.45, 2.75) is 6.54 Å². The van der Waals surface area contributed by atoms with Gasteiger partial charge in [0.1, 0.15) is 0 Å². The monoisotopic (exact) mass is 373 g/mol. The molecule has 1 heterocycles. The molecule has 1 saturated heterocycles. The number of piperazine rings is 1. The second kappa shape index (κ2) is 8.10. The van der Waals surface area contributed by atoms with Gasteiger partial charge >= 0.3 is 12.0 Å². The number of amides is 2. The summed E-state index contributed by atoms with van der Waals surface area (Å²) in [6, 6.07) is 14.1. The number of carbonyl (C=O) groups is 2. The number of hydrogen-bond donors (Lipinski definition) is 2. The largest absolute Gasteiger partial charge is 0.478 e. The number of benzene rings is 2. The third-order valence-corrected chi connectivity index (χ3v) is 4.62. The first-order valence-electron chi connectivity index (χ1n) is 8.38. The average Bonchev–Trinajstić information content (AvgIpc) is 2.66. The van der Waals surface area contributed by atoms with Crippen molar-refractivity contribution in [2.75, 3.05) is 31.1 Å². The Labute approximate surface area is 157 Å². The number of carboxylic acid groups (broad SMARTS) is 1. The summed E-state index contributed by atoms with van der Waals surface area (Å²) in [5.41, 5.74) is 2.16. The second-order valence-electron chi connectivity index (χ2n) is 6.11. The Morgan fingerprint density at radius 2 is 1.73 bits per heavy atom. The van der Waals surface area contributed by atoms with Crippen LogP contribution in [0.3, 0.4) is 0 Å². The molecule has 0 saturated carbocycles. The Hall–Kier alpha value is -2.73. The minimum absolute atomic E-state index is 0.113. The highest BCUT2D eigenvalue weighted by Crippen LogP contribution is 2.20.